The molecule has 0 bridgehead atoms. The van der Waals surface area contributed by atoms with Gasteiger partial charge in [0.1, 0.15) is 0 Å². The van der Waals surface area contributed by atoms with E-state index in [4.69, 9.17) is 9.31 Å². The van der Waals surface area contributed by atoms with Gasteiger partial charge in [0.15, 0.2) is 0 Å². The molecule has 20 heavy (non-hydrogen) atoms. The number of rotatable bonds is 3. The molecule has 0 spiro atoms. The molecule has 3 rings (SSSR count). The van der Waals surface area contributed by atoms with Crippen molar-refractivity contribution in [3.05, 3.63) is 35.6 Å². The van der Waals surface area contributed by atoms with Crippen molar-refractivity contribution in [1.82, 2.24) is 4.98 Å². The van der Waals surface area contributed by atoms with E-state index in [9.17, 15) is 0 Å². The van der Waals surface area contributed by atoms with Crippen molar-refractivity contribution in [2.45, 2.75) is 57.7 Å². The standard InChI is InChI=1S/C16H22BNO2/c1-15(2)16(3,4)20-17(19-15)9-7-14-11-13(8-10-18-14)12-5-6-12/h7-12H,5-6H2,1-4H3/b9-7+. The van der Waals surface area contributed by atoms with Gasteiger partial charge in [0.2, 0.25) is 0 Å². The Balaban J connectivity index is 1.70. The highest BCUT2D eigenvalue weighted by Gasteiger charge is 2.50. The smallest absolute Gasteiger partial charge is 0.400 e. The summed E-state index contributed by atoms with van der Waals surface area (Å²) in [5.41, 5.74) is 1.80. The van der Waals surface area contributed by atoms with Crippen LogP contribution < -0.4 is 0 Å². The van der Waals surface area contributed by atoms with E-state index in [1.54, 1.807) is 0 Å². The Morgan fingerprint density at radius 3 is 2.45 bits per heavy atom. The molecule has 1 aromatic rings. The maximum Gasteiger partial charge on any atom is 0.487 e. The second-order valence-corrected chi connectivity index (χ2v) is 6.77. The second-order valence-electron chi connectivity index (χ2n) is 6.77. The minimum atomic E-state index is -0.300. The van der Waals surface area contributed by atoms with Crippen LogP contribution in [0.25, 0.3) is 6.08 Å². The van der Waals surface area contributed by atoms with E-state index in [-0.39, 0.29) is 18.3 Å². The average molecular weight is 271 g/mol. The monoisotopic (exact) mass is 271 g/mol. The van der Waals surface area contributed by atoms with Gasteiger partial charge in [-0.05, 0) is 70.2 Å². The lowest BCUT2D eigenvalue weighted by Crippen LogP contribution is -2.41. The molecule has 1 saturated heterocycles. The molecule has 0 unspecified atom stereocenters. The average Bonchev–Trinajstić information content (AvgIpc) is 3.16. The molecule has 1 saturated carbocycles. The molecular formula is C16H22BNO2. The van der Waals surface area contributed by atoms with Gasteiger partial charge < -0.3 is 9.31 Å². The van der Waals surface area contributed by atoms with Crippen molar-refractivity contribution in [1.29, 1.82) is 0 Å². The van der Waals surface area contributed by atoms with Gasteiger partial charge in [-0.3, -0.25) is 4.98 Å². The lowest BCUT2D eigenvalue weighted by molar-refractivity contribution is 0.00578. The van der Waals surface area contributed by atoms with Gasteiger partial charge in [-0.25, -0.2) is 0 Å². The van der Waals surface area contributed by atoms with Crippen LogP contribution in [0.2, 0.25) is 0 Å². The number of aromatic nitrogens is 1. The zero-order chi connectivity index (χ0) is 14.4. The van der Waals surface area contributed by atoms with Gasteiger partial charge in [0.05, 0.1) is 16.9 Å². The highest BCUT2D eigenvalue weighted by Crippen LogP contribution is 2.40. The van der Waals surface area contributed by atoms with E-state index in [0.29, 0.717) is 0 Å². The zero-order valence-electron chi connectivity index (χ0n) is 12.7. The molecule has 2 heterocycles. The van der Waals surface area contributed by atoms with Crippen molar-refractivity contribution >= 4 is 13.2 Å². The molecule has 3 nitrogen and oxygen atoms in total. The summed E-state index contributed by atoms with van der Waals surface area (Å²) in [6, 6.07) is 4.28. The quantitative estimate of drug-likeness (QED) is 0.787. The second kappa shape index (κ2) is 4.71. The predicted octanol–water partition coefficient (Wildman–Crippen LogP) is 3.60. The molecule has 0 amide bonds. The van der Waals surface area contributed by atoms with Gasteiger partial charge in [-0.15, -0.1) is 0 Å². The lowest BCUT2D eigenvalue weighted by atomic mass is 9.89. The SMILES string of the molecule is CC1(C)OB(/C=C/c2cc(C3CC3)ccn2)OC1(C)C. The minimum absolute atomic E-state index is 0.286. The van der Waals surface area contributed by atoms with Crippen LogP contribution in [-0.2, 0) is 9.31 Å². The van der Waals surface area contributed by atoms with E-state index in [0.717, 1.165) is 11.6 Å². The molecule has 1 aliphatic carbocycles. The first kappa shape index (κ1) is 13.8. The fourth-order valence-corrected chi connectivity index (χ4v) is 2.37. The van der Waals surface area contributed by atoms with Crippen molar-refractivity contribution in [2.75, 3.05) is 0 Å². The fraction of sp³-hybridized carbons (Fsp3) is 0.562. The van der Waals surface area contributed by atoms with Gasteiger partial charge in [-0.1, -0.05) is 5.98 Å². The van der Waals surface area contributed by atoms with Crippen molar-refractivity contribution in [2.24, 2.45) is 0 Å². The molecule has 2 fully saturated rings. The highest BCUT2D eigenvalue weighted by atomic mass is 16.7. The van der Waals surface area contributed by atoms with Gasteiger partial charge in [0, 0.05) is 6.20 Å². The topological polar surface area (TPSA) is 31.4 Å². The fourth-order valence-electron chi connectivity index (χ4n) is 2.37. The number of pyridine rings is 1. The summed E-state index contributed by atoms with van der Waals surface area (Å²) < 4.78 is 11.9. The Kier molecular flexibility index (Phi) is 3.26. The third-order valence-electron chi connectivity index (χ3n) is 4.55. The van der Waals surface area contributed by atoms with Crippen LogP contribution in [0.15, 0.2) is 24.3 Å². The molecule has 0 N–H and O–H groups in total. The van der Waals surface area contributed by atoms with Crippen molar-refractivity contribution < 1.29 is 9.31 Å². The molecule has 0 radical (unpaired) electrons. The van der Waals surface area contributed by atoms with E-state index in [2.05, 4.69) is 44.8 Å². The van der Waals surface area contributed by atoms with E-state index >= 15 is 0 Å². The van der Waals surface area contributed by atoms with Crippen LogP contribution in [0, 0.1) is 0 Å². The van der Waals surface area contributed by atoms with Gasteiger partial charge >= 0.3 is 7.12 Å². The highest BCUT2D eigenvalue weighted by molar-refractivity contribution is 6.52. The maximum atomic E-state index is 5.94. The summed E-state index contributed by atoms with van der Waals surface area (Å²) in [4.78, 5) is 4.39. The van der Waals surface area contributed by atoms with Crippen LogP contribution in [-0.4, -0.2) is 23.3 Å². The van der Waals surface area contributed by atoms with Crippen molar-refractivity contribution in [3.8, 4) is 0 Å². The first-order valence-electron chi connectivity index (χ1n) is 7.37. The molecule has 1 aliphatic heterocycles. The normalized spacial score (nSPS) is 24.5. The van der Waals surface area contributed by atoms with Gasteiger partial charge in [0.25, 0.3) is 0 Å². The van der Waals surface area contributed by atoms with Crippen molar-refractivity contribution in [3.63, 3.8) is 0 Å². The van der Waals surface area contributed by atoms with Gasteiger partial charge in [-0.2, -0.15) is 0 Å². The molecule has 1 aromatic heterocycles. The summed E-state index contributed by atoms with van der Waals surface area (Å²) in [5, 5.41) is 0. The Morgan fingerprint density at radius 2 is 1.85 bits per heavy atom. The Bertz CT molecular complexity index is 519. The zero-order valence-corrected chi connectivity index (χ0v) is 12.7. The van der Waals surface area contributed by atoms with E-state index in [1.165, 1.54) is 18.4 Å². The number of hydrogen-bond acceptors (Lipinski definition) is 3. The molecule has 0 aromatic carbocycles. The van der Waals surface area contributed by atoms with Crippen LogP contribution in [0.5, 0.6) is 0 Å². The predicted molar refractivity (Wildman–Crippen MR) is 81.3 cm³/mol. The van der Waals surface area contributed by atoms with Crippen LogP contribution >= 0.6 is 0 Å². The third-order valence-corrected chi connectivity index (χ3v) is 4.55. The molecule has 0 atom stereocenters. The van der Waals surface area contributed by atoms with Crippen LogP contribution in [0.1, 0.15) is 57.7 Å². The third kappa shape index (κ3) is 2.67. The molecule has 4 heteroatoms. The first-order valence-corrected chi connectivity index (χ1v) is 7.37. The summed E-state index contributed by atoms with van der Waals surface area (Å²) in [6.45, 7) is 8.25. The largest absolute Gasteiger partial charge is 0.487 e. The minimum Gasteiger partial charge on any atom is -0.400 e. The molecular weight excluding hydrogens is 249 g/mol. The Labute approximate surface area is 121 Å². The summed E-state index contributed by atoms with van der Waals surface area (Å²) >= 11 is 0. The van der Waals surface area contributed by atoms with E-state index in [1.807, 2.05) is 18.2 Å². The van der Waals surface area contributed by atoms with Crippen LogP contribution in [0.4, 0.5) is 0 Å². The molecule has 2 aliphatic rings. The lowest BCUT2D eigenvalue weighted by Gasteiger charge is -2.32. The Morgan fingerprint density at radius 1 is 1.20 bits per heavy atom. The van der Waals surface area contributed by atoms with Crippen LogP contribution in [0.3, 0.4) is 0 Å². The Hall–Kier alpha value is -1.13. The van der Waals surface area contributed by atoms with E-state index < -0.39 is 0 Å². The summed E-state index contributed by atoms with van der Waals surface area (Å²) in [5.74, 6) is 2.71. The molecule has 106 valence electrons. The summed E-state index contributed by atoms with van der Waals surface area (Å²) in [7, 11) is -0.300. The number of nitrogens with zero attached hydrogens (tertiary/aromatic N) is 1. The number of hydrogen-bond donors (Lipinski definition) is 0. The summed E-state index contributed by atoms with van der Waals surface area (Å²) in [6.07, 6.45) is 6.50. The first-order chi connectivity index (χ1) is 9.37. The maximum absolute atomic E-state index is 5.94.